The largest absolute Gasteiger partial charge is 0.489 e. The first-order chi connectivity index (χ1) is 11.6. The first-order valence-corrected chi connectivity index (χ1v) is 8.08. The normalized spacial score (nSPS) is 11.0. The fourth-order valence-electron chi connectivity index (χ4n) is 2.60. The molecule has 3 aromatic rings. The van der Waals surface area contributed by atoms with Crippen LogP contribution < -0.4 is 10.4 Å². The lowest BCUT2D eigenvalue weighted by atomic mass is 10.1. The summed E-state index contributed by atoms with van der Waals surface area (Å²) in [5.74, 6) is 0.0682. The molecule has 2 aromatic carbocycles. The molecule has 24 heavy (non-hydrogen) atoms. The third-order valence-corrected chi connectivity index (χ3v) is 4.12. The highest BCUT2D eigenvalue weighted by atomic mass is 35.5. The van der Waals surface area contributed by atoms with Gasteiger partial charge in [0.25, 0.3) is 0 Å². The summed E-state index contributed by atoms with van der Waals surface area (Å²) in [6.07, 6.45) is 1.73. The van der Waals surface area contributed by atoms with Gasteiger partial charge in [0.2, 0.25) is 0 Å². The molecule has 3 nitrogen and oxygen atoms in total. The molecule has 0 saturated heterocycles. The lowest BCUT2D eigenvalue weighted by Gasteiger charge is -2.10. The topological polar surface area (TPSA) is 39.4 Å². The van der Waals surface area contributed by atoms with Gasteiger partial charge in [-0.1, -0.05) is 31.0 Å². The highest BCUT2D eigenvalue weighted by molar-refractivity contribution is 6.31. The van der Waals surface area contributed by atoms with E-state index in [1.54, 1.807) is 24.3 Å². The van der Waals surface area contributed by atoms with Gasteiger partial charge in [-0.15, -0.1) is 0 Å². The zero-order valence-electron chi connectivity index (χ0n) is 13.1. The molecule has 0 N–H and O–H groups in total. The fraction of sp³-hybridized carbons (Fsp3) is 0.211. The summed E-state index contributed by atoms with van der Waals surface area (Å²) in [7, 11) is 0. The number of aryl methyl sites for hydroxylation is 1. The minimum absolute atomic E-state index is 0.00407. The Morgan fingerprint density at radius 2 is 2.04 bits per heavy atom. The summed E-state index contributed by atoms with van der Waals surface area (Å²) in [4.78, 5) is 11.7. The summed E-state index contributed by atoms with van der Waals surface area (Å²) in [5, 5.41) is 1.19. The average molecular weight is 347 g/mol. The molecule has 0 bridgehead atoms. The van der Waals surface area contributed by atoms with E-state index in [0.717, 1.165) is 23.8 Å². The molecule has 0 unspecified atom stereocenters. The maximum atomic E-state index is 13.8. The predicted octanol–water partition coefficient (Wildman–Crippen LogP) is 5.12. The van der Waals surface area contributed by atoms with Crippen molar-refractivity contribution < 1.29 is 13.5 Å². The molecule has 0 saturated carbocycles. The molecule has 3 rings (SSSR count). The summed E-state index contributed by atoms with van der Waals surface area (Å²) in [6, 6.07) is 11.3. The van der Waals surface area contributed by atoms with Gasteiger partial charge >= 0.3 is 5.63 Å². The standard InChI is InChI=1S/C19H16ClFO3/c1-2-4-12-9-19(22)24-18-10-13(7-8-14(12)18)23-11-15-16(20)5-3-6-17(15)21/h3,5-10H,2,4,11H2,1H3. The summed E-state index contributed by atoms with van der Waals surface area (Å²) < 4.78 is 24.6. The van der Waals surface area contributed by atoms with Crippen molar-refractivity contribution in [2.24, 2.45) is 0 Å². The maximum absolute atomic E-state index is 13.8. The van der Waals surface area contributed by atoms with Crippen LogP contribution in [0.25, 0.3) is 11.0 Å². The number of ether oxygens (including phenoxy) is 1. The van der Waals surface area contributed by atoms with Crippen LogP contribution in [-0.2, 0) is 13.0 Å². The van der Waals surface area contributed by atoms with Crippen molar-refractivity contribution in [3.8, 4) is 5.75 Å². The van der Waals surface area contributed by atoms with Crippen LogP contribution in [0.3, 0.4) is 0 Å². The van der Waals surface area contributed by atoms with Gasteiger partial charge in [-0.25, -0.2) is 9.18 Å². The minimum Gasteiger partial charge on any atom is -0.489 e. The molecule has 1 aromatic heterocycles. The number of benzene rings is 2. The van der Waals surface area contributed by atoms with Gasteiger partial charge in [0.1, 0.15) is 23.8 Å². The van der Waals surface area contributed by atoms with Crippen molar-refractivity contribution >= 4 is 22.6 Å². The van der Waals surface area contributed by atoms with Crippen LogP contribution in [0.15, 0.2) is 51.7 Å². The Morgan fingerprint density at radius 3 is 2.79 bits per heavy atom. The second kappa shape index (κ2) is 7.05. The molecule has 0 aliphatic rings. The second-order valence-corrected chi connectivity index (χ2v) is 5.89. The maximum Gasteiger partial charge on any atom is 0.336 e. The fourth-order valence-corrected chi connectivity index (χ4v) is 2.82. The Labute approximate surface area is 143 Å². The molecule has 124 valence electrons. The number of fused-ring (bicyclic) bond motifs is 1. The SMILES string of the molecule is CCCc1cc(=O)oc2cc(OCc3c(F)cccc3Cl)ccc12. The Balaban J connectivity index is 1.90. The van der Waals surface area contributed by atoms with Gasteiger partial charge in [-0.05, 0) is 36.2 Å². The zero-order valence-corrected chi connectivity index (χ0v) is 13.9. The first-order valence-electron chi connectivity index (χ1n) is 7.71. The van der Waals surface area contributed by atoms with Gasteiger partial charge in [0.05, 0.1) is 5.02 Å². The van der Waals surface area contributed by atoms with Gasteiger partial charge in [0, 0.05) is 23.1 Å². The monoisotopic (exact) mass is 346 g/mol. The Kier molecular flexibility index (Phi) is 4.86. The van der Waals surface area contributed by atoms with E-state index < -0.39 is 5.82 Å². The van der Waals surface area contributed by atoms with E-state index in [2.05, 4.69) is 6.92 Å². The van der Waals surface area contributed by atoms with E-state index in [0.29, 0.717) is 21.9 Å². The molecular formula is C19H16ClFO3. The van der Waals surface area contributed by atoms with Crippen LogP contribution in [0, 0.1) is 5.82 Å². The quantitative estimate of drug-likeness (QED) is 0.602. The predicted molar refractivity (Wildman–Crippen MR) is 92.2 cm³/mol. The van der Waals surface area contributed by atoms with Crippen molar-refractivity contribution in [1.29, 1.82) is 0 Å². The molecule has 0 fully saturated rings. The van der Waals surface area contributed by atoms with Crippen LogP contribution in [0.2, 0.25) is 5.02 Å². The van der Waals surface area contributed by atoms with E-state index in [1.165, 1.54) is 12.1 Å². The zero-order chi connectivity index (χ0) is 17.1. The van der Waals surface area contributed by atoms with Crippen molar-refractivity contribution in [2.45, 2.75) is 26.4 Å². The van der Waals surface area contributed by atoms with Gasteiger partial charge in [0.15, 0.2) is 0 Å². The van der Waals surface area contributed by atoms with Crippen LogP contribution in [0.5, 0.6) is 5.75 Å². The Hall–Kier alpha value is -2.33. The average Bonchev–Trinajstić information content (AvgIpc) is 2.54. The summed E-state index contributed by atoms with van der Waals surface area (Å²) in [6.45, 7) is 2.05. The molecule has 0 atom stereocenters. The molecule has 0 spiro atoms. The van der Waals surface area contributed by atoms with Crippen LogP contribution >= 0.6 is 11.6 Å². The third kappa shape index (κ3) is 3.44. The minimum atomic E-state index is -0.417. The summed E-state index contributed by atoms with van der Waals surface area (Å²) in [5.41, 5.74) is 1.32. The number of halogens is 2. The van der Waals surface area contributed by atoms with Crippen molar-refractivity contribution in [3.63, 3.8) is 0 Å². The lowest BCUT2D eigenvalue weighted by Crippen LogP contribution is -2.02. The summed E-state index contributed by atoms with van der Waals surface area (Å²) >= 11 is 5.99. The van der Waals surface area contributed by atoms with Crippen molar-refractivity contribution in [1.82, 2.24) is 0 Å². The van der Waals surface area contributed by atoms with E-state index in [4.69, 9.17) is 20.8 Å². The van der Waals surface area contributed by atoms with Gasteiger partial charge in [-0.2, -0.15) is 0 Å². The molecule has 0 amide bonds. The van der Waals surface area contributed by atoms with E-state index >= 15 is 0 Å². The number of hydrogen-bond donors (Lipinski definition) is 0. The molecular weight excluding hydrogens is 331 g/mol. The smallest absolute Gasteiger partial charge is 0.336 e. The van der Waals surface area contributed by atoms with Crippen molar-refractivity contribution in [3.05, 3.63) is 74.9 Å². The second-order valence-electron chi connectivity index (χ2n) is 5.49. The Morgan fingerprint density at radius 1 is 1.21 bits per heavy atom. The number of rotatable bonds is 5. The molecule has 1 heterocycles. The highest BCUT2D eigenvalue weighted by Gasteiger charge is 2.10. The van der Waals surface area contributed by atoms with Gasteiger partial charge in [-0.3, -0.25) is 0 Å². The van der Waals surface area contributed by atoms with E-state index in [1.807, 2.05) is 6.07 Å². The van der Waals surface area contributed by atoms with Crippen LogP contribution in [0.1, 0.15) is 24.5 Å². The van der Waals surface area contributed by atoms with E-state index in [-0.39, 0.29) is 12.2 Å². The number of hydrogen-bond acceptors (Lipinski definition) is 3. The molecule has 0 aliphatic heterocycles. The van der Waals surface area contributed by atoms with Crippen LogP contribution in [-0.4, -0.2) is 0 Å². The third-order valence-electron chi connectivity index (χ3n) is 3.77. The molecule has 5 heteroatoms. The van der Waals surface area contributed by atoms with E-state index in [9.17, 15) is 9.18 Å². The Bertz CT molecular complexity index is 913. The molecule has 0 aliphatic carbocycles. The van der Waals surface area contributed by atoms with Crippen molar-refractivity contribution in [2.75, 3.05) is 0 Å². The molecule has 0 radical (unpaired) electrons. The highest BCUT2D eigenvalue weighted by Crippen LogP contribution is 2.26. The van der Waals surface area contributed by atoms with Crippen LogP contribution in [0.4, 0.5) is 4.39 Å². The lowest BCUT2D eigenvalue weighted by molar-refractivity contribution is 0.300. The first kappa shape index (κ1) is 16.5. The van der Waals surface area contributed by atoms with Gasteiger partial charge < -0.3 is 9.15 Å².